The van der Waals surface area contributed by atoms with Gasteiger partial charge in [0.1, 0.15) is 0 Å². The van der Waals surface area contributed by atoms with Crippen molar-refractivity contribution in [2.45, 2.75) is 11.8 Å². The fraction of sp³-hybridized carbons (Fsp3) is 0.333. The Morgan fingerprint density at radius 2 is 2.08 bits per heavy atom. The lowest BCUT2D eigenvalue weighted by Gasteiger charge is -2.02. The minimum Gasteiger partial charge on any atom is -0.245 e. The zero-order valence-electron chi connectivity index (χ0n) is 7.57. The summed E-state index contributed by atoms with van der Waals surface area (Å²) in [6.45, 7) is 1.98. The lowest BCUT2D eigenvalue weighted by Crippen LogP contribution is -1.96. The Labute approximate surface area is 73.8 Å². The molecule has 1 aromatic rings. The van der Waals surface area contributed by atoms with Gasteiger partial charge in [-0.3, -0.25) is 0 Å². The van der Waals surface area contributed by atoms with Crippen LogP contribution in [0.25, 0.3) is 0 Å². The number of benzene rings is 1. The summed E-state index contributed by atoms with van der Waals surface area (Å²) < 4.78 is 15.6. The molecule has 12 heavy (non-hydrogen) atoms. The molecule has 1 aromatic carbocycles. The molecule has 3 heteroatoms. The predicted octanol–water partition coefficient (Wildman–Crippen LogP) is 2.08. The second-order valence-electron chi connectivity index (χ2n) is 2.80. The molecular formula is C9H13NOS. The monoisotopic (exact) mass is 183 g/mol. The van der Waals surface area contributed by atoms with Gasteiger partial charge < -0.3 is 0 Å². The first-order chi connectivity index (χ1) is 5.56. The molecule has 2 nitrogen and oxygen atoms in total. The van der Waals surface area contributed by atoms with E-state index in [-0.39, 0.29) is 0 Å². The first-order valence-electron chi connectivity index (χ1n) is 3.73. The maximum atomic E-state index is 11.7. The van der Waals surface area contributed by atoms with Crippen molar-refractivity contribution < 1.29 is 4.21 Å². The highest BCUT2D eigenvalue weighted by Crippen LogP contribution is 2.12. The van der Waals surface area contributed by atoms with E-state index in [0.29, 0.717) is 0 Å². The Balaban J connectivity index is 3.31. The summed E-state index contributed by atoms with van der Waals surface area (Å²) >= 11 is 0. The van der Waals surface area contributed by atoms with Crippen LogP contribution in [0.4, 0.5) is 0 Å². The quantitative estimate of drug-likeness (QED) is 0.655. The third-order valence-corrected chi connectivity index (χ3v) is 3.60. The van der Waals surface area contributed by atoms with Gasteiger partial charge in [-0.2, -0.15) is 0 Å². The molecule has 0 saturated heterocycles. The number of rotatable bonds is 1. The average Bonchev–Trinajstić information content (AvgIpc) is 2.05. The second kappa shape index (κ2) is 3.27. The van der Waals surface area contributed by atoms with Crippen molar-refractivity contribution in [1.82, 2.24) is 0 Å². The van der Waals surface area contributed by atoms with Crippen molar-refractivity contribution in [3.63, 3.8) is 0 Å². The third kappa shape index (κ3) is 1.85. The summed E-state index contributed by atoms with van der Waals surface area (Å²) in [5.41, 5.74) is 1.12. The molecule has 0 bridgehead atoms. The van der Waals surface area contributed by atoms with Crippen LogP contribution >= 0.6 is 0 Å². The van der Waals surface area contributed by atoms with Crippen molar-refractivity contribution in [1.29, 1.82) is 0 Å². The fourth-order valence-electron chi connectivity index (χ4n) is 0.956. The van der Waals surface area contributed by atoms with Gasteiger partial charge in [0.15, 0.2) is 0 Å². The van der Waals surface area contributed by atoms with Gasteiger partial charge in [-0.1, -0.05) is 12.1 Å². The molecule has 66 valence electrons. The van der Waals surface area contributed by atoms with E-state index < -0.39 is 9.73 Å². The third-order valence-electron chi connectivity index (χ3n) is 1.78. The molecule has 0 aliphatic heterocycles. The Morgan fingerprint density at radius 3 is 2.58 bits per heavy atom. The van der Waals surface area contributed by atoms with Gasteiger partial charge in [0, 0.05) is 18.2 Å². The summed E-state index contributed by atoms with van der Waals surface area (Å²) in [5.74, 6) is 0. The molecule has 0 heterocycles. The highest BCUT2D eigenvalue weighted by atomic mass is 32.2. The smallest absolute Gasteiger partial charge is 0.0720 e. The largest absolute Gasteiger partial charge is 0.245 e. The minimum atomic E-state index is -2.15. The van der Waals surface area contributed by atoms with Crippen LogP contribution in [0.5, 0.6) is 0 Å². The van der Waals surface area contributed by atoms with Crippen molar-refractivity contribution in [3.8, 4) is 0 Å². The minimum absolute atomic E-state index is 0.810. The first-order valence-corrected chi connectivity index (χ1v) is 5.65. The van der Waals surface area contributed by atoms with E-state index in [2.05, 4.69) is 4.36 Å². The van der Waals surface area contributed by atoms with Crippen molar-refractivity contribution in [2.75, 3.05) is 13.3 Å². The van der Waals surface area contributed by atoms with E-state index in [0.717, 1.165) is 10.5 Å². The van der Waals surface area contributed by atoms with Crippen molar-refractivity contribution in [2.24, 2.45) is 4.36 Å². The lowest BCUT2D eigenvalue weighted by atomic mass is 10.2. The molecule has 0 aliphatic rings. The van der Waals surface area contributed by atoms with Crippen molar-refractivity contribution >= 4 is 9.73 Å². The Bertz CT molecular complexity index is 389. The molecule has 1 unspecified atom stereocenters. The van der Waals surface area contributed by atoms with Crippen molar-refractivity contribution in [3.05, 3.63) is 29.8 Å². The van der Waals surface area contributed by atoms with Gasteiger partial charge in [-0.05, 0) is 24.6 Å². The number of hydrogen-bond donors (Lipinski definition) is 0. The standard InChI is InChI=1S/C9H13NOS/c1-8-5-4-6-9(7-8)12(3,11)10-2/h4-7H,1-3H3. The van der Waals surface area contributed by atoms with E-state index >= 15 is 0 Å². The van der Waals surface area contributed by atoms with Crippen LogP contribution in [0.2, 0.25) is 0 Å². The normalized spacial score (nSPS) is 15.2. The van der Waals surface area contributed by atoms with Gasteiger partial charge in [0.25, 0.3) is 0 Å². The molecule has 0 aliphatic carbocycles. The van der Waals surface area contributed by atoms with Gasteiger partial charge in [0.05, 0.1) is 9.73 Å². The molecule has 1 atom stereocenters. The Morgan fingerprint density at radius 1 is 1.42 bits per heavy atom. The van der Waals surface area contributed by atoms with Crippen LogP contribution in [-0.4, -0.2) is 17.5 Å². The molecule has 0 amide bonds. The SMILES string of the molecule is CN=S(C)(=O)c1cccc(C)c1. The van der Waals surface area contributed by atoms with Gasteiger partial charge in [-0.25, -0.2) is 8.57 Å². The van der Waals surface area contributed by atoms with Crippen LogP contribution in [0.3, 0.4) is 0 Å². The average molecular weight is 183 g/mol. The van der Waals surface area contributed by atoms with Crippen LogP contribution in [0.15, 0.2) is 33.5 Å². The first kappa shape index (κ1) is 9.26. The lowest BCUT2D eigenvalue weighted by molar-refractivity contribution is 0.680. The fourth-order valence-corrected chi connectivity index (χ4v) is 1.90. The van der Waals surface area contributed by atoms with E-state index in [9.17, 15) is 4.21 Å². The molecule has 1 rings (SSSR count). The number of hydrogen-bond acceptors (Lipinski definition) is 2. The highest BCUT2D eigenvalue weighted by molar-refractivity contribution is 7.93. The summed E-state index contributed by atoms with van der Waals surface area (Å²) in [7, 11) is -0.558. The van der Waals surface area contributed by atoms with Gasteiger partial charge in [-0.15, -0.1) is 0 Å². The van der Waals surface area contributed by atoms with Gasteiger partial charge in [0.2, 0.25) is 0 Å². The topological polar surface area (TPSA) is 29.4 Å². The van der Waals surface area contributed by atoms with Crippen LogP contribution in [0, 0.1) is 6.92 Å². The summed E-state index contributed by atoms with van der Waals surface area (Å²) in [6, 6.07) is 7.64. The Hall–Kier alpha value is -0.830. The molecule has 0 fully saturated rings. The zero-order valence-corrected chi connectivity index (χ0v) is 8.39. The second-order valence-corrected chi connectivity index (χ2v) is 5.24. The summed E-state index contributed by atoms with van der Waals surface area (Å²) in [4.78, 5) is 0.810. The summed E-state index contributed by atoms with van der Waals surface area (Å²) in [5, 5.41) is 0. The molecular weight excluding hydrogens is 170 g/mol. The maximum Gasteiger partial charge on any atom is 0.0720 e. The zero-order chi connectivity index (χ0) is 9.19. The summed E-state index contributed by atoms with van der Waals surface area (Å²) in [6.07, 6.45) is 1.65. The highest BCUT2D eigenvalue weighted by Gasteiger charge is 2.02. The Kier molecular flexibility index (Phi) is 2.52. The molecule has 0 radical (unpaired) electrons. The maximum absolute atomic E-state index is 11.7. The van der Waals surface area contributed by atoms with E-state index in [4.69, 9.17) is 0 Å². The van der Waals surface area contributed by atoms with E-state index in [1.54, 1.807) is 13.3 Å². The molecule has 0 saturated carbocycles. The van der Waals surface area contributed by atoms with E-state index in [1.807, 2.05) is 31.2 Å². The molecule has 0 N–H and O–H groups in total. The van der Waals surface area contributed by atoms with Gasteiger partial charge >= 0.3 is 0 Å². The number of aryl methyl sites for hydroxylation is 1. The van der Waals surface area contributed by atoms with Crippen LogP contribution in [0.1, 0.15) is 5.56 Å². The number of nitrogens with zero attached hydrogens (tertiary/aromatic N) is 1. The molecule has 0 spiro atoms. The predicted molar refractivity (Wildman–Crippen MR) is 51.9 cm³/mol. The van der Waals surface area contributed by atoms with E-state index in [1.165, 1.54) is 0 Å². The molecule has 0 aromatic heterocycles. The van der Waals surface area contributed by atoms with Crippen LogP contribution < -0.4 is 0 Å². The van der Waals surface area contributed by atoms with Crippen LogP contribution in [-0.2, 0) is 9.73 Å².